The van der Waals surface area contributed by atoms with E-state index >= 15 is 0 Å². The van der Waals surface area contributed by atoms with E-state index in [9.17, 15) is 9.59 Å². The van der Waals surface area contributed by atoms with Crippen molar-refractivity contribution in [3.63, 3.8) is 0 Å². The number of rotatable bonds is 38. The number of ether oxygens (including phenoxy) is 2. The molecule has 0 aromatic rings. The van der Waals surface area contributed by atoms with Gasteiger partial charge in [-0.25, -0.2) is 9.59 Å². The molecular formula is C43H88N2O4+2. The lowest BCUT2D eigenvalue weighted by Gasteiger charge is -2.28. The summed E-state index contributed by atoms with van der Waals surface area (Å²) in [4.78, 5) is 24.8. The zero-order valence-corrected chi connectivity index (χ0v) is 34.3. The number of unbranched alkanes of at least 4 members (excludes halogenated alkanes) is 26. The fraction of sp³-hybridized carbons (Fsp3) is 0.953. The van der Waals surface area contributed by atoms with E-state index < -0.39 is 0 Å². The Balaban J connectivity index is 3.67. The molecule has 0 fully saturated rings. The van der Waals surface area contributed by atoms with Crippen LogP contribution in [0.5, 0.6) is 0 Å². The molecule has 0 amide bonds. The summed E-state index contributed by atoms with van der Waals surface area (Å²) in [6.07, 6.45) is 38.6. The highest BCUT2D eigenvalue weighted by Crippen LogP contribution is 2.15. The molecule has 6 nitrogen and oxygen atoms in total. The molecule has 0 spiro atoms. The molecule has 0 aliphatic rings. The highest BCUT2D eigenvalue weighted by molar-refractivity contribution is 5.71. The summed E-state index contributed by atoms with van der Waals surface area (Å²) >= 11 is 0. The van der Waals surface area contributed by atoms with Gasteiger partial charge in [0.25, 0.3) is 0 Å². The van der Waals surface area contributed by atoms with Crippen molar-refractivity contribution in [1.82, 2.24) is 0 Å². The van der Waals surface area contributed by atoms with Crippen molar-refractivity contribution in [2.24, 2.45) is 0 Å². The van der Waals surface area contributed by atoms with Gasteiger partial charge in [-0.05, 0) is 25.7 Å². The zero-order chi connectivity index (χ0) is 36.3. The zero-order valence-electron chi connectivity index (χ0n) is 34.3. The lowest BCUT2D eigenvalue weighted by molar-refractivity contribution is -0.883. The highest BCUT2D eigenvalue weighted by atomic mass is 16.5. The summed E-state index contributed by atoms with van der Waals surface area (Å²) in [5.74, 6) is -0.319. The number of hydrogen-bond donors (Lipinski definition) is 0. The molecule has 0 aromatic heterocycles. The van der Waals surface area contributed by atoms with E-state index in [2.05, 4.69) is 42.0 Å². The summed E-state index contributed by atoms with van der Waals surface area (Å²) in [5.41, 5.74) is 0. The maximum absolute atomic E-state index is 12.4. The van der Waals surface area contributed by atoms with Crippen LogP contribution in [-0.2, 0) is 19.1 Å². The van der Waals surface area contributed by atoms with E-state index in [0.29, 0.717) is 41.7 Å². The number of quaternary nitrogens is 2. The van der Waals surface area contributed by atoms with E-state index in [4.69, 9.17) is 9.47 Å². The van der Waals surface area contributed by atoms with Crippen molar-refractivity contribution in [1.29, 1.82) is 0 Å². The van der Waals surface area contributed by atoms with Gasteiger partial charge in [0.05, 0.1) is 54.5 Å². The van der Waals surface area contributed by atoms with Gasteiger partial charge in [-0.15, -0.1) is 0 Å². The van der Waals surface area contributed by atoms with Gasteiger partial charge in [-0.1, -0.05) is 168 Å². The Labute approximate surface area is 307 Å². The molecule has 49 heavy (non-hydrogen) atoms. The van der Waals surface area contributed by atoms with E-state index in [0.717, 1.165) is 25.9 Å². The third kappa shape index (κ3) is 36.5. The van der Waals surface area contributed by atoms with Gasteiger partial charge in [0.15, 0.2) is 13.1 Å². The monoisotopic (exact) mass is 697 g/mol. The van der Waals surface area contributed by atoms with Crippen LogP contribution in [0.2, 0.25) is 0 Å². The smallest absolute Gasteiger partial charge is 0.361 e. The number of esters is 2. The Bertz CT molecular complexity index is 679. The van der Waals surface area contributed by atoms with Gasteiger partial charge < -0.3 is 18.4 Å². The van der Waals surface area contributed by atoms with Crippen molar-refractivity contribution in [3.8, 4) is 0 Å². The van der Waals surface area contributed by atoms with Crippen molar-refractivity contribution < 1.29 is 28.0 Å². The Morgan fingerprint density at radius 1 is 0.347 bits per heavy atom. The molecule has 0 aliphatic heterocycles. The first-order valence-corrected chi connectivity index (χ1v) is 21.6. The fourth-order valence-electron chi connectivity index (χ4n) is 6.85. The minimum Gasteiger partial charge on any atom is -0.461 e. The van der Waals surface area contributed by atoms with Crippen LogP contribution in [0, 0.1) is 0 Å². The third-order valence-electron chi connectivity index (χ3n) is 10.2. The summed E-state index contributed by atoms with van der Waals surface area (Å²) in [6, 6.07) is 0. The fourth-order valence-corrected chi connectivity index (χ4v) is 6.85. The molecule has 0 rings (SSSR count). The van der Waals surface area contributed by atoms with Crippen molar-refractivity contribution in [2.75, 3.05) is 67.6 Å². The first-order chi connectivity index (χ1) is 23.6. The Morgan fingerprint density at radius 2 is 0.571 bits per heavy atom. The average Bonchev–Trinajstić information content (AvgIpc) is 3.04. The molecule has 0 N–H and O–H groups in total. The van der Waals surface area contributed by atoms with Crippen LogP contribution in [-0.4, -0.2) is 88.5 Å². The topological polar surface area (TPSA) is 52.6 Å². The molecule has 0 bridgehead atoms. The highest BCUT2D eigenvalue weighted by Gasteiger charge is 2.22. The summed E-state index contributed by atoms with van der Waals surface area (Å²) in [5, 5.41) is 0. The Morgan fingerprint density at radius 3 is 0.816 bits per heavy atom. The maximum atomic E-state index is 12.4. The molecule has 0 radical (unpaired) electrons. The molecule has 0 aliphatic carbocycles. The number of likely N-dealkylation sites (N-methyl/N-ethyl adjacent to an activating group) is 2. The summed E-state index contributed by atoms with van der Waals surface area (Å²) in [6.45, 7) is 7.96. The third-order valence-corrected chi connectivity index (χ3v) is 10.2. The molecule has 0 unspecified atom stereocenters. The van der Waals surface area contributed by atoms with Crippen LogP contribution in [0.1, 0.15) is 200 Å². The number of carbonyl (C=O) groups is 2. The van der Waals surface area contributed by atoms with Gasteiger partial charge in [-0.3, -0.25) is 0 Å². The van der Waals surface area contributed by atoms with Gasteiger partial charge >= 0.3 is 11.9 Å². The summed E-state index contributed by atoms with van der Waals surface area (Å²) < 4.78 is 12.3. The molecule has 0 atom stereocenters. The molecular weight excluding hydrogens is 608 g/mol. The predicted octanol–water partition coefficient (Wildman–Crippen LogP) is 11.6. The second-order valence-electron chi connectivity index (χ2n) is 16.6. The normalized spacial score (nSPS) is 12.0. The van der Waals surface area contributed by atoms with Gasteiger partial charge in [0, 0.05) is 6.42 Å². The first-order valence-electron chi connectivity index (χ1n) is 21.6. The van der Waals surface area contributed by atoms with Crippen molar-refractivity contribution in [3.05, 3.63) is 0 Å². The van der Waals surface area contributed by atoms with Crippen molar-refractivity contribution in [2.45, 2.75) is 200 Å². The van der Waals surface area contributed by atoms with Gasteiger partial charge in [-0.2, -0.15) is 0 Å². The van der Waals surface area contributed by atoms with Crippen LogP contribution >= 0.6 is 0 Å². The molecule has 0 saturated heterocycles. The number of hydrogen-bond acceptors (Lipinski definition) is 4. The number of nitrogens with zero attached hydrogens (tertiary/aromatic N) is 2. The minimum atomic E-state index is -0.160. The Kier molecular flexibility index (Phi) is 33.2. The predicted molar refractivity (Wildman–Crippen MR) is 211 cm³/mol. The van der Waals surface area contributed by atoms with Crippen LogP contribution in [0.3, 0.4) is 0 Å². The standard InChI is InChI=1S/C43H88N2O4/c1-7-9-11-13-15-17-19-21-23-25-27-29-31-33-36-44(3,4)40-42(46)48-38-35-39-49-43(47)41-45(5,6)37-34-32-30-28-26-24-22-20-18-16-14-12-10-8-2/h7-41H2,1-6H3/q+2. The molecule has 0 saturated carbocycles. The lowest BCUT2D eigenvalue weighted by atomic mass is 10.0. The van der Waals surface area contributed by atoms with Crippen LogP contribution in [0.4, 0.5) is 0 Å². The second kappa shape index (κ2) is 34.0. The van der Waals surface area contributed by atoms with Gasteiger partial charge in [0.2, 0.25) is 0 Å². The molecule has 0 aromatic carbocycles. The van der Waals surface area contributed by atoms with Crippen LogP contribution in [0.25, 0.3) is 0 Å². The minimum absolute atomic E-state index is 0.160. The summed E-state index contributed by atoms with van der Waals surface area (Å²) in [7, 11) is 8.46. The average molecular weight is 697 g/mol. The first kappa shape index (κ1) is 47.9. The van der Waals surface area contributed by atoms with Crippen molar-refractivity contribution >= 4 is 11.9 Å². The van der Waals surface area contributed by atoms with E-state index in [-0.39, 0.29) is 11.9 Å². The van der Waals surface area contributed by atoms with E-state index in [1.165, 1.54) is 167 Å². The molecule has 6 heteroatoms. The SMILES string of the molecule is CCCCCCCCCCCCCCCC[N+](C)(C)CC(=O)OCCCOC(=O)C[N+](C)(C)CCCCCCCCCCCCCCCC. The largest absolute Gasteiger partial charge is 0.461 e. The van der Waals surface area contributed by atoms with E-state index in [1.807, 2.05) is 0 Å². The second-order valence-corrected chi connectivity index (χ2v) is 16.6. The molecule has 292 valence electrons. The Hall–Kier alpha value is -1.14. The van der Waals surface area contributed by atoms with E-state index in [1.54, 1.807) is 0 Å². The van der Waals surface area contributed by atoms with Crippen LogP contribution < -0.4 is 0 Å². The number of carbonyl (C=O) groups excluding carboxylic acids is 2. The lowest BCUT2D eigenvalue weighted by Crippen LogP contribution is -2.45. The molecule has 0 heterocycles. The van der Waals surface area contributed by atoms with Crippen LogP contribution in [0.15, 0.2) is 0 Å². The quantitative estimate of drug-likeness (QED) is 0.0366. The maximum Gasteiger partial charge on any atom is 0.361 e. The van der Waals surface area contributed by atoms with Gasteiger partial charge in [0.1, 0.15) is 0 Å².